The number of aromatic nitrogens is 3. The van der Waals surface area contributed by atoms with E-state index in [0.29, 0.717) is 16.7 Å². The van der Waals surface area contributed by atoms with Gasteiger partial charge in [-0.3, -0.25) is 14.9 Å². The van der Waals surface area contributed by atoms with E-state index in [-0.39, 0.29) is 16.5 Å². The molecular weight excluding hydrogens is 410 g/mol. The van der Waals surface area contributed by atoms with Crippen LogP contribution < -0.4 is 10.1 Å². The first-order chi connectivity index (χ1) is 14.5. The van der Waals surface area contributed by atoms with Gasteiger partial charge in [-0.15, -0.1) is 10.2 Å². The van der Waals surface area contributed by atoms with Crippen LogP contribution in [0.3, 0.4) is 0 Å². The summed E-state index contributed by atoms with van der Waals surface area (Å²) < 4.78 is 5.29. The van der Waals surface area contributed by atoms with Gasteiger partial charge in [0, 0.05) is 6.07 Å². The molecule has 1 heterocycles. The molecule has 4 rings (SSSR count). The highest BCUT2D eigenvalue weighted by atomic mass is 35.5. The lowest BCUT2D eigenvalue weighted by Gasteiger charge is -2.09. The molecule has 0 bridgehead atoms. The summed E-state index contributed by atoms with van der Waals surface area (Å²) in [5.74, 6) is -0.519. The third-order valence-corrected chi connectivity index (χ3v) is 4.46. The zero-order valence-corrected chi connectivity index (χ0v) is 16.1. The molecule has 0 aliphatic carbocycles. The van der Waals surface area contributed by atoms with E-state index in [1.807, 2.05) is 30.3 Å². The standard InChI is InChI=1S/C20H14ClN5O4/c21-14-10-16-17(24-25(23-16)13-6-2-1-3-7-13)11-15(14)22-20(27)12-30-19-9-5-4-8-18(19)26(28)29/h1-11H,12H2,(H,22,27). The average Bonchev–Trinajstić information content (AvgIpc) is 3.16. The molecule has 0 radical (unpaired) electrons. The molecule has 0 unspecified atom stereocenters. The highest BCUT2D eigenvalue weighted by molar-refractivity contribution is 6.34. The Morgan fingerprint density at radius 3 is 2.47 bits per heavy atom. The minimum atomic E-state index is -0.575. The number of nitrogens with zero attached hydrogens (tertiary/aromatic N) is 4. The second kappa shape index (κ2) is 8.18. The quantitative estimate of drug-likeness (QED) is 0.370. The fourth-order valence-electron chi connectivity index (χ4n) is 2.77. The molecule has 4 aromatic rings. The van der Waals surface area contributed by atoms with E-state index in [1.165, 1.54) is 23.0 Å². The third-order valence-electron chi connectivity index (χ3n) is 4.15. The first kappa shape index (κ1) is 19.3. The first-order valence-corrected chi connectivity index (χ1v) is 9.17. The summed E-state index contributed by atoms with van der Waals surface area (Å²) in [6.45, 7) is -0.421. The van der Waals surface area contributed by atoms with Crippen molar-refractivity contribution in [3.05, 3.63) is 81.9 Å². The Morgan fingerprint density at radius 2 is 1.73 bits per heavy atom. The number of rotatable bonds is 6. The SMILES string of the molecule is O=C(COc1ccccc1[N+](=O)[O-])Nc1cc2nn(-c3ccccc3)nc2cc1Cl. The van der Waals surface area contributed by atoms with Gasteiger partial charge < -0.3 is 10.1 Å². The molecular formula is C20H14ClN5O4. The molecule has 0 saturated heterocycles. The smallest absolute Gasteiger partial charge is 0.310 e. The van der Waals surface area contributed by atoms with Crippen LogP contribution in [0.4, 0.5) is 11.4 Å². The van der Waals surface area contributed by atoms with E-state index in [4.69, 9.17) is 16.3 Å². The molecule has 10 heteroatoms. The minimum absolute atomic E-state index is 0.00463. The molecule has 0 aliphatic rings. The van der Waals surface area contributed by atoms with Crippen molar-refractivity contribution >= 4 is 39.9 Å². The Balaban J connectivity index is 1.50. The monoisotopic (exact) mass is 423 g/mol. The van der Waals surface area contributed by atoms with Crippen LogP contribution in [0.25, 0.3) is 16.7 Å². The summed E-state index contributed by atoms with van der Waals surface area (Å²) in [5.41, 5.74) is 2.01. The summed E-state index contributed by atoms with van der Waals surface area (Å²) in [5, 5.41) is 22.7. The molecule has 1 amide bonds. The number of para-hydroxylation sites is 3. The minimum Gasteiger partial charge on any atom is -0.477 e. The number of hydrogen-bond donors (Lipinski definition) is 1. The highest BCUT2D eigenvalue weighted by Crippen LogP contribution is 2.28. The fourth-order valence-corrected chi connectivity index (χ4v) is 2.98. The Labute approximate surface area is 175 Å². The van der Waals surface area contributed by atoms with E-state index in [0.717, 1.165) is 5.69 Å². The van der Waals surface area contributed by atoms with Crippen LogP contribution in [-0.2, 0) is 4.79 Å². The van der Waals surface area contributed by atoms with Crippen LogP contribution in [-0.4, -0.2) is 32.4 Å². The van der Waals surface area contributed by atoms with Crippen molar-refractivity contribution in [1.82, 2.24) is 15.0 Å². The Bertz CT molecular complexity index is 1240. The average molecular weight is 424 g/mol. The second-order valence-electron chi connectivity index (χ2n) is 6.21. The molecule has 1 aromatic heterocycles. The van der Waals surface area contributed by atoms with Gasteiger partial charge in [-0.2, -0.15) is 4.80 Å². The maximum absolute atomic E-state index is 12.3. The number of benzene rings is 3. The van der Waals surface area contributed by atoms with Crippen molar-refractivity contribution in [3.63, 3.8) is 0 Å². The summed E-state index contributed by atoms with van der Waals surface area (Å²) in [7, 11) is 0. The molecule has 150 valence electrons. The number of hydrogen-bond acceptors (Lipinski definition) is 6. The molecule has 0 fully saturated rings. The Kier molecular flexibility index (Phi) is 5.27. The van der Waals surface area contributed by atoms with Crippen molar-refractivity contribution in [2.45, 2.75) is 0 Å². The number of carbonyl (C=O) groups is 1. The molecule has 3 aromatic carbocycles. The maximum atomic E-state index is 12.3. The van der Waals surface area contributed by atoms with Crippen LogP contribution in [0.15, 0.2) is 66.7 Å². The highest BCUT2D eigenvalue weighted by Gasteiger charge is 2.16. The number of nitro benzene ring substituents is 1. The summed E-state index contributed by atoms with van der Waals surface area (Å²) in [6.07, 6.45) is 0. The van der Waals surface area contributed by atoms with Crippen LogP contribution in [0, 0.1) is 10.1 Å². The second-order valence-corrected chi connectivity index (χ2v) is 6.61. The van der Waals surface area contributed by atoms with Crippen molar-refractivity contribution < 1.29 is 14.5 Å². The largest absolute Gasteiger partial charge is 0.477 e. The number of halogens is 1. The lowest BCUT2D eigenvalue weighted by Crippen LogP contribution is -2.20. The lowest BCUT2D eigenvalue weighted by molar-refractivity contribution is -0.385. The predicted molar refractivity (Wildman–Crippen MR) is 111 cm³/mol. The number of nitrogens with one attached hydrogen (secondary N) is 1. The normalized spacial score (nSPS) is 10.7. The first-order valence-electron chi connectivity index (χ1n) is 8.79. The van der Waals surface area contributed by atoms with Crippen molar-refractivity contribution in [2.75, 3.05) is 11.9 Å². The maximum Gasteiger partial charge on any atom is 0.310 e. The summed E-state index contributed by atoms with van der Waals surface area (Å²) in [6, 6.07) is 18.4. The van der Waals surface area contributed by atoms with Crippen molar-refractivity contribution in [2.24, 2.45) is 0 Å². The van der Waals surface area contributed by atoms with Gasteiger partial charge in [-0.1, -0.05) is 41.9 Å². The third kappa shape index (κ3) is 4.06. The zero-order valence-electron chi connectivity index (χ0n) is 15.4. The Morgan fingerprint density at radius 1 is 1.07 bits per heavy atom. The topological polar surface area (TPSA) is 112 Å². The van der Waals surface area contributed by atoms with Gasteiger partial charge in [0.15, 0.2) is 12.4 Å². The number of fused-ring (bicyclic) bond motifs is 1. The molecule has 0 spiro atoms. The van der Waals surface area contributed by atoms with Crippen molar-refractivity contribution in [3.8, 4) is 11.4 Å². The number of ether oxygens (including phenoxy) is 1. The number of nitro groups is 1. The zero-order chi connectivity index (χ0) is 21.1. The van der Waals surface area contributed by atoms with E-state index in [2.05, 4.69) is 15.5 Å². The fraction of sp³-hybridized carbons (Fsp3) is 0.0500. The Hall–Kier alpha value is -3.98. The summed E-state index contributed by atoms with van der Waals surface area (Å²) in [4.78, 5) is 24.2. The molecule has 30 heavy (non-hydrogen) atoms. The van der Waals surface area contributed by atoms with Gasteiger partial charge in [-0.05, 0) is 30.3 Å². The number of carbonyl (C=O) groups excluding carboxylic acids is 1. The van der Waals surface area contributed by atoms with E-state index >= 15 is 0 Å². The van der Waals surface area contributed by atoms with Crippen LogP contribution in [0.1, 0.15) is 0 Å². The van der Waals surface area contributed by atoms with Crippen LogP contribution >= 0.6 is 11.6 Å². The van der Waals surface area contributed by atoms with Gasteiger partial charge >= 0.3 is 5.69 Å². The van der Waals surface area contributed by atoms with Crippen LogP contribution in [0.2, 0.25) is 5.02 Å². The van der Waals surface area contributed by atoms with Gasteiger partial charge in [-0.25, -0.2) is 0 Å². The summed E-state index contributed by atoms with van der Waals surface area (Å²) >= 11 is 6.26. The van der Waals surface area contributed by atoms with Crippen molar-refractivity contribution in [1.29, 1.82) is 0 Å². The molecule has 0 saturated carbocycles. The predicted octanol–water partition coefficient (Wildman–Crippen LogP) is 4.00. The number of amides is 1. The van der Waals surface area contributed by atoms with E-state index < -0.39 is 17.4 Å². The number of anilines is 1. The van der Waals surface area contributed by atoms with Crippen LogP contribution in [0.5, 0.6) is 5.75 Å². The molecule has 0 atom stereocenters. The van der Waals surface area contributed by atoms with Gasteiger partial charge in [0.1, 0.15) is 11.0 Å². The van der Waals surface area contributed by atoms with Gasteiger partial charge in [0.25, 0.3) is 5.91 Å². The van der Waals surface area contributed by atoms with E-state index in [1.54, 1.807) is 18.2 Å². The molecule has 1 N–H and O–H groups in total. The van der Waals surface area contributed by atoms with Gasteiger partial charge in [0.05, 0.1) is 21.3 Å². The molecule has 0 aliphatic heterocycles. The van der Waals surface area contributed by atoms with Gasteiger partial charge in [0.2, 0.25) is 0 Å². The van der Waals surface area contributed by atoms with E-state index in [9.17, 15) is 14.9 Å². The molecule has 9 nitrogen and oxygen atoms in total. The lowest BCUT2D eigenvalue weighted by atomic mass is 10.2.